The van der Waals surface area contributed by atoms with Crippen LogP contribution in [0.1, 0.15) is 0 Å². The van der Waals surface area contributed by atoms with Crippen molar-refractivity contribution in [3.05, 3.63) is 206 Å². The van der Waals surface area contributed by atoms with Gasteiger partial charge in [0.1, 0.15) is 0 Å². The van der Waals surface area contributed by atoms with Gasteiger partial charge >= 0.3 is 0 Å². The molecular weight excluding hydrogens is 633 g/mol. The summed E-state index contributed by atoms with van der Waals surface area (Å²) in [5.41, 5.74) is 7.24. The highest BCUT2D eigenvalue weighted by molar-refractivity contribution is 7.20. The molecule has 2 nitrogen and oxygen atoms in total. The molecule has 0 saturated carbocycles. The number of nitrogens with zero attached hydrogens (tertiary/aromatic N) is 2. The molecule has 0 radical (unpaired) electrons. The predicted molar refractivity (Wildman–Crippen MR) is 219 cm³/mol. The largest absolute Gasteiger partial charge is 0.309 e. The fourth-order valence-corrected chi connectivity index (χ4v) is 13.6. The molecule has 0 aliphatic heterocycles. The molecule has 2 heterocycles. The molecule has 0 bridgehead atoms. The van der Waals surface area contributed by atoms with E-state index in [1.807, 2.05) is 0 Å². The number of hydrogen-bond acceptors (Lipinski definition) is 0. The van der Waals surface area contributed by atoms with Crippen LogP contribution in [0, 0.1) is 0 Å². The minimum Gasteiger partial charge on any atom is -0.309 e. The molecule has 0 aliphatic rings. The lowest BCUT2D eigenvalue weighted by molar-refractivity contribution is 1.17. The van der Waals surface area contributed by atoms with Crippen LogP contribution in [0.3, 0.4) is 0 Å². The second kappa shape index (κ2) is 11.9. The lowest BCUT2D eigenvalue weighted by Gasteiger charge is -2.35. The van der Waals surface area contributed by atoms with Gasteiger partial charge < -0.3 is 9.13 Å². The highest BCUT2D eigenvalue weighted by Gasteiger charge is 2.43. The highest BCUT2D eigenvalue weighted by atomic mass is 28.3. The molecule has 0 aliphatic carbocycles. The smallest absolute Gasteiger partial charge is 0.181 e. The summed E-state index contributed by atoms with van der Waals surface area (Å²) in [6.45, 7) is 0. The highest BCUT2D eigenvalue weighted by Crippen LogP contribution is 2.42. The SMILES string of the molecule is c1ccc(-n2c3ccccc3c3c2ccc2c4cccc([Si](c5ccccc5)(c5ccccc5)c5ccccc5)c4n(-c4ccccc4)c23)cc1. The van der Waals surface area contributed by atoms with E-state index < -0.39 is 8.07 Å². The van der Waals surface area contributed by atoms with Gasteiger partial charge in [-0.1, -0.05) is 170 Å². The molecule has 0 fully saturated rings. The topological polar surface area (TPSA) is 9.86 Å². The summed E-state index contributed by atoms with van der Waals surface area (Å²) in [4.78, 5) is 0. The molecule has 10 rings (SSSR count). The quantitative estimate of drug-likeness (QED) is 0.124. The van der Waals surface area contributed by atoms with Crippen LogP contribution in [-0.4, -0.2) is 17.2 Å². The summed E-state index contributed by atoms with van der Waals surface area (Å²) >= 11 is 0. The lowest BCUT2D eigenvalue weighted by Crippen LogP contribution is -2.75. The van der Waals surface area contributed by atoms with Crippen LogP contribution in [0.25, 0.3) is 55.0 Å². The molecule has 0 spiro atoms. The molecule has 240 valence electrons. The van der Waals surface area contributed by atoms with Crippen molar-refractivity contribution < 1.29 is 0 Å². The van der Waals surface area contributed by atoms with Crippen molar-refractivity contribution in [3.63, 3.8) is 0 Å². The standard InChI is InChI=1S/C48H34N2Si/c1-6-19-35(20-7-1)49-43-31-17-16-29-42(43)46-44(49)34-33-41-40-30-18-32-45(47(40)50(48(41)46)36-21-8-2-9-22-36)51(37-23-10-3-11-24-37,38-25-12-4-13-26-38)39-27-14-5-15-28-39/h1-34H. The van der Waals surface area contributed by atoms with Gasteiger partial charge in [-0.05, 0) is 57.1 Å². The van der Waals surface area contributed by atoms with Crippen molar-refractivity contribution in [2.24, 2.45) is 0 Å². The van der Waals surface area contributed by atoms with Crippen LogP contribution in [0.2, 0.25) is 0 Å². The predicted octanol–water partition coefficient (Wildman–Crippen LogP) is 9.26. The van der Waals surface area contributed by atoms with E-state index in [0.717, 1.165) is 11.4 Å². The number of para-hydroxylation sites is 4. The van der Waals surface area contributed by atoms with Gasteiger partial charge in [-0.25, -0.2) is 0 Å². The normalized spacial score (nSPS) is 11.9. The summed E-state index contributed by atoms with van der Waals surface area (Å²) in [6.07, 6.45) is 0. The third kappa shape index (κ3) is 4.35. The molecule has 8 aromatic carbocycles. The van der Waals surface area contributed by atoms with Crippen molar-refractivity contribution >= 4 is 72.4 Å². The third-order valence-corrected chi connectivity index (χ3v) is 15.4. The zero-order chi connectivity index (χ0) is 33.8. The van der Waals surface area contributed by atoms with Gasteiger partial charge in [0.05, 0.1) is 22.1 Å². The summed E-state index contributed by atoms with van der Waals surface area (Å²) in [5.74, 6) is 0. The average molecular weight is 667 g/mol. The van der Waals surface area contributed by atoms with Crippen LogP contribution < -0.4 is 20.7 Å². The van der Waals surface area contributed by atoms with Crippen LogP contribution in [-0.2, 0) is 0 Å². The summed E-state index contributed by atoms with van der Waals surface area (Å²) in [6, 6.07) is 76.1. The third-order valence-electron chi connectivity index (χ3n) is 10.6. The second-order valence-electron chi connectivity index (χ2n) is 13.3. The van der Waals surface area contributed by atoms with E-state index in [4.69, 9.17) is 0 Å². The first-order valence-corrected chi connectivity index (χ1v) is 19.6. The first kappa shape index (κ1) is 29.5. The fourth-order valence-electron chi connectivity index (χ4n) is 8.63. The zero-order valence-corrected chi connectivity index (χ0v) is 29.0. The number of hydrogen-bond donors (Lipinski definition) is 0. The van der Waals surface area contributed by atoms with Gasteiger partial charge in [0.2, 0.25) is 0 Å². The van der Waals surface area contributed by atoms with E-state index in [0.29, 0.717) is 0 Å². The Morgan fingerprint density at radius 2 is 0.745 bits per heavy atom. The van der Waals surface area contributed by atoms with Gasteiger partial charge in [0.25, 0.3) is 0 Å². The van der Waals surface area contributed by atoms with E-state index in [-0.39, 0.29) is 0 Å². The average Bonchev–Trinajstić information content (AvgIpc) is 3.74. The van der Waals surface area contributed by atoms with E-state index in [9.17, 15) is 0 Å². The van der Waals surface area contributed by atoms with Crippen LogP contribution in [0.15, 0.2) is 206 Å². The maximum atomic E-state index is 2.58. The van der Waals surface area contributed by atoms with Crippen molar-refractivity contribution in [1.82, 2.24) is 9.13 Å². The Bertz CT molecular complexity index is 2730. The molecule has 10 aromatic rings. The molecule has 0 N–H and O–H groups in total. The van der Waals surface area contributed by atoms with Gasteiger partial charge in [0.15, 0.2) is 8.07 Å². The molecule has 0 saturated heterocycles. The summed E-state index contributed by atoms with van der Waals surface area (Å²) in [7, 11) is -2.89. The second-order valence-corrected chi connectivity index (χ2v) is 17.0. The Morgan fingerprint density at radius 1 is 0.294 bits per heavy atom. The molecule has 0 unspecified atom stereocenters. The fraction of sp³-hybridized carbons (Fsp3) is 0. The molecule has 0 amide bonds. The van der Waals surface area contributed by atoms with Crippen molar-refractivity contribution in [2.45, 2.75) is 0 Å². The van der Waals surface area contributed by atoms with Gasteiger partial charge in [-0.2, -0.15) is 0 Å². The minimum atomic E-state index is -2.89. The van der Waals surface area contributed by atoms with E-state index in [1.165, 1.54) is 64.4 Å². The van der Waals surface area contributed by atoms with Crippen LogP contribution in [0.4, 0.5) is 0 Å². The monoisotopic (exact) mass is 666 g/mol. The van der Waals surface area contributed by atoms with Crippen LogP contribution >= 0.6 is 0 Å². The van der Waals surface area contributed by atoms with Crippen molar-refractivity contribution in [3.8, 4) is 11.4 Å². The van der Waals surface area contributed by atoms with Crippen molar-refractivity contribution in [1.29, 1.82) is 0 Å². The summed E-state index contributed by atoms with van der Waals surface area (Å²) in [5, 5.41) is 10.5. The Labute approximate surface area is 298 Å². The van der Waals surface area contributed by atoms with E-state index in [2.05, 4.69) is 215 Å². The first-order chi connectivity index (χ1) is 25.4. The van der Waals surface area contributed by atoms with Crippen molar-refractivity contribution in [2.75, 3.05) is 0 Å². The Kier molecular flexibility index (Phi) is 6.86. The maximum absolute atomic E-state index is 2.89. The van der Waals surface area contributed by atoms with Gasteiger partial charge in [-0.3, -0.25) is 0 Å². The number of fused-ring (bicyclic) bond motifs is 7. The molecule has 3 heteroatoms. The molecule has 0 atom stereocenters. The maximum Gasteiger partial charge on any atom is 0.181 e. The van der Waals surface area contributed by atoms with Crippen LogP contribution in [0.5, 0.6) is 0 Å². The Balaban J connectivity index is 1.46. The Morgan fingerprint density at radius 3 is 1.31 bits per heavy atom. The lowest BCUT2D eigenvalue weighted by atomic mass is 10.1. The first-order valence-electron chi connectivity index (χ1n) is 17.6. The minimum absolute atomic E-state index is 1.16. The van der Waals surface area contributed by atoms with Gasteiger partial charge in [0, 0.05) is 32.9 Å². The molecular formula is C48H34N2Si. The number of rotatable bonds is 6. The van der Waals surface area contributed by atoms with Gasteiger partial charge in [-0.15, -0.1) is 0 Å². The number of benzene rings is 8. The molecule has 51 heavy (non-hydrogen) atoms. The Hall–Kier alpha value is -6.42. The zero-order valence-electron chi connectivity index (χ0n) is 28.0. The summed E-state index contributed by atoms with van der Waals surface area (Å²) < 4.78 is 5.01. The number of aromatic nitrogens is 2. The molecule has 2 aromatic heterocycles. The van der Waals surface area contributed by atoms with E-state index >= 15 is 0 Å². The van der Waals surface area contributed by atoms with E-state index in [1.54, 1.807) is 0 Å².